The van der Waals surface area contributed by atoms with Gasteiger partial charge in [0.2, 0.25) is 5.62 Å². The van der Waals surface area contributed by atoms with Gasteiger partial charge in [-0.05, 0) is 43.5 Å². The van der Waals surface area contributed by atoms with E-state index in [0.29, 0.717) is 28.8 Å². The van der Waals surface area contributed by atoms with E-state index in [1.165, 1.54) is 16.7 Å². The second kappa shape index (κ2) is 9.53. The molecule has 0 radical (unpaired) electrons. The number of hydrogen-bond donors (Lipinski definition) is 1. The molecule has 4 aromatic rings. The van der Waals surface area contributed by atoms with Gasteiger partial charge in [0.1, 0.15) is 0 Å². The summed E-state index contributed by atoms with van der Waals surface area (Å²) < 4.78 is 9.59. The van der Waals surface area contributed by atoms with Crippen molar-refractivity contribution in [2.75, 3.05) is 13.7 Å². The summed E-state index contributed by atoms with van der Waals surface area (Å²) >= 11 is 12.8. The molecule has 0 saturated carbocycles. The molecule has 1 heterocycles. The summed E-state index contributed by atoms with van der Waals surface area (Å²) in [4.78, 5) is 0. The van der Waals surface area contributed by atoms with E-state index in [2.05, 4.69) is 62.4 Å². The normalized spacial score (nSPS) is 12.4. The summed E-state index contributed by atoms with van der Waals surface area (Å²) in [5.74, 6) is 0. The fourth-order valence-electron chi connectivity index (χ4n) is 4.11. The molecule has 0 aliphatic carbocycles. The number of aromatic nitrogens is 2. The molecule has 1 unspecified atom stereocenters. The van der Waals surface area contributed by atoms with Crippen LogP contribution in [0.3, 0.4) is 0 Å². The first-order valence-electron chi connectivity index (χ1n) is 10.6. The molecule has 1 N–H and O–H groups in total. The van der Waals surface area contributed by atoms with Crippen LogP contribution < -0.4 is 5.62 Å². The standard InChI is InChI=1S/C26H27Cl2N3O/c1-17-4-8-19(9-5-17)12-21(16-32-3)31-25-14-23(28)22(27)13-24(25)30(26(31)29)15-20-10-6-18(2)7-11-20/h4-11,13-14,21,29H,12,15-16H2,1-3H3. The van der Waals surface area contributed by atoms with Crippen molar-refractivity contribution in [3.05, 3.63) is 98.6 Å². The number of nitrogens with one attached hydrogen (secondary N) is 1. The molecule has 3 aromatic carbocycles. The Morgan fingerprint density at radius 1 is 0.844 bits per heavy atom. The highest BCUT2D eigenvalue weighted by molar-refractivity contribution is 6.42. The minimum Gasteiger partial charge on any atom is -0.383 e. The zero-order valence-electron chi connectivity index (χ0n) is 18.5. The van der Waals surface area contributed by atoms with Crippen LogP contribution in [-0.2, 0) is 17.7 Å². The summed E-state index contributed by atoms with van der Waals surface area (Å²) in [6.45, 7) is 5.21. The van der Waals surface area contributed by atoms with Gasteiger partial charge >= 0.3 is 0 Å². The van der Waals surface area contributed by atoms with E-state index >= 15 is 0 Å². The summed E-state index contributed by atoms with van der Waals surface area (Å²) in [5.41, 5.74) is 6.92. The Balaban J connectivity index is 1.85. The van der Waals surface area contributed by atoms with Crippen molar-refractivity contribution in [1.82, 2.24) is 9.13 Å². The van der Waals surface area contributed by atoms with E-state index in [0.717, 1.165) is 23.0 Å². The van der Waals surface area contributed by atoms with Crippen LogP contribution >= 0.6 is 23.2 Å². The van der Waals surface area contributed by atoms with Crippen molar-refractivity contribution in [3.8, 4) is 0 Å². The predicted octanol–water partition coefficient (Wildman–Crippen LogP) is 6.32. The van der Waals surface area contributed by atoms with Gasteiger partial charge in [-0.25, -0.2) is 0 Å². The molecule has 0 saturated heterocycles. The van der Waals surface area contributed by atoms with Crippen molar-refractivity contribution in [2.24, 2.45) is 0 Å². The number of halogens is 2. The number of benzene rings is 3. The molecule has 1 atom stereocenters. The van der Waals surface area contributed by atoms with Gasteiger partial charge in [-0.1, -0.05) is 82.9 Å². The smallest absolute Gasteiger partial charge is 0.203 e. The third kappa shape index (κ3) is 4.63. The summed E-state index contributed by atoms with van der Waals surface area (Å²) in [6.07, 6.45) is 0.745. The maximum Gasteiger partial charge on any atom is 0.203 e. The molecule has 6 heteroatoms. The average Bonchev–Trinajstić information content (AvgIpc) is 3.02. The number of hydrogen-bond acceptors (Lipinski definition) is 2. The number of rotatable bonds is 7. The van der Waals surface area contributed by atoms with Gasteiger partial charge < -0.3 is 13.9 Å². The number of nitrogens with zero attached hydrogens (tertiary/aromatic N) is 2. The van der Waals surface area contributed by atoms with Crippen molar-refractivity contribution in [2.45, 2.75) is 32.9 Å². The number of aryl methyl sites for hydroxylation is 2. The largest absolute Gasteiger partial charge is 0.383 e. The van der Waals surface area contributed by atoms with Crippen LogP contribution in [0.25, 0.3) is 11.0 Å². The molecule has 0 aliphatic rings. The first-order chi connectivity index (χ1) is 15.4. The molecule has 166 valence electrons. The first-order valence-corrected chi connectivity index (χ1v) is 11.4. The zero-order chi connectivity index (χ0) is 22.8. The highest BCUT2D eigenvalue weighted by atomic mass is 35.5. The third-order valence-corrected chi connectivity index (χ3v) is 6.55. The van der Waals surface area contributed by atoms with Crippen molar-refractivity contribution >= 4 is 34.2 Å². The number of methoxy groups -OCH3 is 1. The van der Waals surface area contributed by atoms with Crippen molar-refractivity contribution in [1.29, 1.82) is 5.41 Å². The molecule has 4 nitrogen and oxygen atoms in total. The SMILES string of the molecule is COCC(Cc1ccc(C)cc1)n1c(=N)n(Cc2ccc(C)cc2)c2cc(Cl)c(Cl)cc21. The van der Waals surface area contributed by atoms with Gasteiger partial charge in [-0.2, -0.15) is 0 Å². The molecule has 0 fully saturated rings. The molecule has 0 aliphatic heterocycles. The lowest BCUT2D eigenvalue weighted by molar-refractivity contribution is 0.154. The van der Waals surface area contributed by atoms with Crippen LogP contribution in [0.2, 0.25) is 10.0 Å². The molecule has 0 spiro atoms. The topological polar surface area (TPSA) is 42.9 Å². The second-order valence-corrected chi connectivity index (χ2v) is 9.13. The minimum atomic E-state index is -0.0609. The van der Waals surface area contributed by atoms with E-state index in [1.807, 2.05) is 21.3 Å². The van der Waals surface area contributed by atoms with Gasteiger partial charge in [-0.15, -0.1) is 0 Å². The average molecular weight is 468 g/mol. The molecule has 1 aromatic heterocycles. The van der Waals surface area contributed by atoms with Crippen LogP contribution in [0.5, 0.6) is 0 Å². The van der Waals surface area contributed by atoms with E-state index in [1.54, 1.807) is 7.11 Å². The monoisotopic (exact) mass is 467 g/mol. The highest BCUT2D eigenvalue weighted by Gasteiger charge is 2.21. The van der Waals surface area contributed by atoms with Gasteiger partial charge in [0.15, 0.2) is 0 Å². The summed E-state index contributed by atoms with van der Waals surface area (Å²) in [6, 6.07) is 20.5. The lowest BCUT2D eigenvalue weighted by Crippen LogP contribution is -2.31. The zero-order valence-corrected chi connectivity index (χ0v) is 20.0. The van der Waals surface area contributed by atoms with Crippen LogP contribution in [0.15, 0.2) is 60.7 Å². The number of imidazole rings is 1. The van der Waals surface area contributed by atoms with Crippen molar-refractivity contribution in [3.63, 3.8) is 0 Å². The van der Waals surface area contributed by atoms with E-state index in [9.17, 15) is 0 Å². The molecular formula is C26H27Cl2N3O. The Bertz CT molecular complexity index is 1290. The molecule has 0 amide bonds. The van der Waals surface area contributed by atoms with E-state index < -0.39 is 0 Å². The lowest BCUT2D eigenvalue weighted by Gasteiger charge is -2.19. The molecule has 32 heavy (non-hydrogen) atoms. The number of fused-ring (bicyclic) bond motifs is 1. The Hall–Kier alpha value is -2.53. The first kappa shape index (κ1) is 22.7. The van der Waals surface area contributed by atoms with Crippen molar-refractivity contribution < 1.29 is 4.74 Å². The van der Waals surface area contributed by atoms with Gasteiger partial charge in [-0.3, -0.25) is 5.41 Å². The maximum absolute atomic E-state index is 9.10. The van der Waals surface area contributed by atoms with Gasteiger partial charge in [0.25, 0.3) is 0 Å². The molecular weight excluding hydrogens is 441 g/mol. The summed E-state index contributed by atoms with van der Waals surface area (Å²) in [5, 5.41) is 10.1. The third-order valence-electron chi connectivity index (χ3n) is 5.83. The Labute approximate surface area is 198 Å². The quantitative estimate of drug-likeness (QED) is 0.339. The maximum atomic E-state index is 9.10. The summed E-state index contributed by atoms with van der Waals surface area (Å²) in [7, 11) is 1.70. The predicted molar refractivity (Wildman–Crippen MR) is 132 cm³/mol. The van der Waals surface area contributed by atoms with Crippen LogP contribution in [0.1, 0.15) is 28.3 Å². The fraction of sp³-hybridized carbons (Fsp3) is 0.269. The Morgan fingerprint density at radius 3 is 1.94 bits per heavy atom. The Kier molecular flexibility index (Phi) is 6.75. The van der Waals surface area contributed by atoms with E-state index in [-0.39, 0.29) is 6.04 Å². The van der Waals surface area contributed by atoms with Crippen LogP contribution in [0.4, 0.5) is 0 Å². The van der Waals surface area contributed by atoms with Crippen LogP contribution in [-0.4, -0.2) is 22.9 Å². The highest BCUT2D eigenvalue weighted by Crippen LogP contribution is 2.30. The minimum absolute atomic E-state index is 0.0609. The molecule has 4 rings (SSSR count). The van der Waals surface area contributed by atoms with Crippen LogP contribution in [0, 0.1) is 19.3 Å². The number of ether oxygens (including phenoxy) is 1. The Morgan fingerprint density at radius 2 is 1.38 bits per heavy atom. The molecule has 0 bridgehead atoms. The second-order valence-electron chi connectivity index (χ2n) is 8.32. The lowest BCUT2D eigenvalue weighted by atomic mass is 10.0. The van der Waals surface area contributed by atoms with E-state index in [4.69, 9.17) is 33.3 Å². The van der Waals surface area contributed by atoms with Gasteiger partial charge in [0.05, 0.1) is 40.3 Å². The van der Waals surface area contributed by atoms with Gasteiger partial charge in [0, 0.05) is 7.11 Å². The fourth-order valence-corrected chi connectivity index (χ4v) is 4.43.